The van der Waals surface area contributed by atoms with Crippen molar-refractivity contribution >= 4 is 47.4 Å². The number of anilines is 2. The van der Waals surface area contributed by atoms with Gasteiger partial charge in [0, 0.05) is 30.6 Å². The molecule has 4 rings (SSSR count). The quantitative estimate of drug-likeness (QED) is 0.693. The molecule has 1 saturated heterocycles. The van der Waals surface area contributed by atoms with Gasteiger partial charge in [-0.2, -0.15) is 5.10 Å². The van der Waals surface area contributed by atoms with Crippen LogP contribution in [0.15, 0.2) is 30.6 Å². The van der Waals surface area contributed by atoms with Gasteiger partial charge < -0.3 is 15.5 Å². The van der Waals surface area contributed by atoms with E-state index in [-0.39, 0.29) is 24.8 Å². The smallest absolute Gasteiger partial charge is 0.172 e. The Hall–Kier alpha value is -2.09. The molecule has 2 aromatic heterocycles. The number of aromatic nitrogens is 4. The molecule has 1 aromatic carbocycles. The Morgan fingerprint density at radius 3 is 2.77 bits per heavy atom. The lowest BCUT2D eigenvalue weighted by Gasteiger charge is -2.23. The number of fused-ring (bicyclic) bond motifs is 1. The average Bonchev–Trinajstić information content (AvgIpc) is 2.96. The predicted octanol–water partition coefficient (Wildman–Crippen LogP) is 2.59. The van der Waals surface area contributed by atoms with Gasteiger partial charge in [0.1, 0.15) is 0 Å². The van der Waals surface area contributed by atoms with Crippen LogP contribution in [0.5, 0.6) is 0 Å². The maximum Gasteiger partial charge on any atom is 0.172 e. The van der Waals surface area contributed by atoms with Crippen LogP contribution in [0.3, 0.4) is 0 Å². The molecular weight excluding hydrogens is 373 g/mol. The highest BCUT2D eigenvalue weighted by Gasteiger charge is 2.17. The molecule has 0 spiro atoms. The lowest BCUT2D eigenvalue weighted by atomic mass is 10.1. The summed E-state index contributed by atoms with van der Waals surface area (Å²) in [5.41, 5.74) is 8.98. The van der Waals surface area contributed by atoms with E-state index in [1.54, 1.807) is 6.20 Å². The minimum Gasteiger partial charge on any atom is -0.381 e. The average molecular weight is 396 g/mol. The van der Waals surface area contributed by atoms with E-state index in [1.807, 2.05) is 18.3 Å². The van der Waals surface area contributed by atoms with E-state index in [1.165, 1.54) is 0 Å². The largest absolute Gasteiger partial charge is 0.381 e. The van der Waals surface area contributed by atoms with Crippen LogP contribution < -0.4 is 10.6 Å². The number of halogens is 2. The molecule has 3 heterocycles. The van der Waals surface area contributed by atoms with Crippen molar-refractivity contribution in [1.82, 2.24) is 25.1 Å². The SMILES string of the molecule is CN1CCCN(c2nc(-c3ccc4[nH]ncc4c3)cnc2N)CC1.Cl.Cl. The monoisotopic (exact) mass is 395 g/mol. The second-order valence-electron chi connectivity index (χ2n) is 6.28. The number of nitrogen functional groups attached to an aromatic ring is 1. The molecule has 7 nitrogen and oxygen atoms in total. The maximum atomic E-state index is 6.11. The highest BCUT2D eigenvalue weighted by atomic mass is 35.5. The molecule has 3 aromatic rings. The van der Waals surface area contributed by atoms with Crippen LogP contribution in [-0.2, 0) is 0 Å². The van der Waals surface area contributed by atoms with Crippen molar-refractivity contribution in [2.24, 2.45) is 0 Å². The molecule has 0 saturated carbocycles. The van der Waals surface area contributed by atoms with Gasteiger partial charge in [0.05, 0.1) is 23.6 Å². The van der Waals surface area contributed by atoms with E-state index < -0.39 is 0 Å². The first kappa shape index (κ1) is 20.2. The van der Waals surface area contributed by atoms with Crippen LogP contribution in [0.1, 0.15) is 6.42 Å². The molecule has 140 valence electrons. The summed E-state index contributed by atoms with van der Waals surface area (Å²) in [7, 11) is 2.15. The van der Waals surface area contributed by atoms with Crippen LogP contribution in [0.4, 0.5) is 11.6 Å². The first-order chi connectivity index (χ1) is 11.7. The third-order valence-electron chi connectivity index (χ3n) is 4.54. The normalized spacial score (nSPS) is 15.2. The molecule has 1 aliphatic heterocycles. The summed E-state index contributed by atoms with van der Waals surface area (Å²) in [6.45, 7) is 3.97. The molecule has 26 heavy (non-hydrogen) atoms. The van der Waals surface area contributed by atoms with Crippen molar-refractivity contribution in [3.8, 4) is 11.3 Å². The molecule has 0 unspecified atom stereocenters. The number of H-pyrrole nitrogens is 1. The fourth-order valence-corrected chi connectivity index (χ4v) is 3.12. The minimum atomic E-state index is 0. The number of benzene rings is 1. The van der Waals surface area contributed by atoms with Gasteiger partial charge >= 0.3 is 0 Å². The second-order valence-corrected chi connectivity index (χ2v) is 6.28. The van der Waals surface area contributed by atoms with E-state index >= 15 is 0 Å². The topological polar surface area (TPSA) is 87.0 Å². The molecule has 1 fully saturated rings. The van der Waals surface area contributed by atoms with Crippen molar-refractivity contribution in [2.45, 2.75) is 6.42 Å². The number of nitrogens with two attached hydrogens (primary N) is 1. The molecule has 9 heteroatoms. The second kappa shape index (κ2) is 8.53. The first-order valence-corrected chi connectivity index (χ1v) is 8.20. The van der Waals surface area contributed by atoms with Crippen molar-refractivity contribution in [3.05, 3.63) is 30.6 Å². The number of likely N-dealkylation sites (N-methyl/N-ethyl adjacent to an activating group) is 1. The Labute approximate surface area is 164 Å². The summed E-state index contributed by atoms with van der Waals surface area (Å²) < 4.78 is 0. The van der Waals surface area contributed by atoms with Gasteiger partial charge in [-0.25, -0.2) is 9.97 Å². The summed E-state index contributed by atoms with van der Waals surface area (Å²) in [4.78, 5) is 13.8. The maximum absolute atomic E-state index is 6.11. The van der Waals surface area contributed by atoms with Crippen molar-refractivity contribution in [1.29, 1.82) is 0 Å². The van der Waals surface area contributed by atoms with Crippen LogP contribution in [0.2, 0.25) is 0 Å². The number of hydrogen-bond acceptors (Lipinski definition) is 6. The summed E-state index contributed by atoms with van der Waals surface area (Å²) >= 11 is 0. The van der Waals surface area contributed by atoms with Crippen LogP contribution in [0.25, 0.3) is 22.2 Å². The van der Waals surface area contributed by atoms with Gasteiger partial charge in [0.15, 0.2) is 11.6 Å². The van der Waals surface area contributed by atoms with Gasteiger partial charge in [-0.05, 0) is 32.1 Å². The first-order valence-electron chi connectivity index (χ1n) is 8.20. The van der Waals surface area contributed by atoms with Crippen molar-refractivity contribution in [3.63, 3.8) is 0 Å². The van der Waals surface area contributed by atoms with Gasteiger partial charge in [-0.3, -0.25) is 5.10 Å². The van der Waals surface area contributed by atoms with E-state index in [9.17, 15) is 0 Å². The minimum absolute atomic E-state index is 0. The number of hydrogen-bond donors (Lipinski definition) is 2. The van der Waals surface area contributed by atoms with Gasteiger partial charge in [-0.1, -0.05) is 6.07 Å². The fraction of sp³-hybridized carbons (Fsp3) is 0.353. The Morgan fingerprint density at radius 2 is 1.92 bits per heavy atom. The molecule has 1 aliphatic rings. The highest BCUT2D eigenvalue weighted by Crippen LogP contribution is 2.26. The number of nitrogens with zero attached hydrogens (tertiary/aromatic N) is 5. The highest BCUT2D eigenvalue weighted by molar-refractivity contribution is 5.85. The third kappa shape index (κ3) is 4.00. The molecule has 0 aliphatic carbocycles. The Kier molecular flexibility index (Phi) is 6.63. The van der Waals surface area contributed by atoms with Gasteiger partial charge in [0.25, 0.3) is 0 Å². The molecule has 0 bridgehead atoms. The lowest BCUT2D eigenvalue weighted by Crippen LogP contribution is -2.30. The number of nitrogens with one attached hydrogen (secondary N) is 1. The molecular formula is C17H23Cl2N7. The van der Waals surface area contributed by atoms with Crippen LogP contribution in [0, 0.1) is 0 Å². The summed E-state index contributed by atoms with van der Waals surface area (Å²) in [5.74, 6) is 1.28. The van der Waals surface area contributed by atoms with E-state index in [0.717, 1.165) is 60.6 Å². The Morgan fingerprint density at radius 1 is 1.08 bits per heavy atom. The fourth-order valence-electron chi connectivity index (χ4n) is 3.12. The van der Waals surface area contributed by atoms with E-state index in [2.05, 4.69) is 38.1 Å². The number of aromatic amines is 1. The zero-order valence-corrected chi connectivity index (χ0v) is 16.2. The van der Waals surface area contributed by atoms with Crippen LogP contribution in [-0.4, -0.2) is 58.3 Å². The summed E-state index contributed by atoms with van der Waals surface area (Å²) in [5, 5.41) is 8.09. The molecule has 0 amide bonds. The Balaban J connectivity index is 0.00000121. The predicted molar refractivity (Wildman–Crippen MR) is 110 cm³/mol. The van der Waals surface area contributed by atoms with Crippen LogP contribution >= 0.6 is 24.8 Å². The van der Waals surface area contributed by atoms with Gasteiger partial charge in [-0.15, -0.1) is 24.8 Å². The summed E-state index contributed by atoms with van der Waals surface area (Å²) in [6.07, 6.45) is 4.65. The molecule has 0 atom stereocenters. The number of rotatable bonds is 2. The van der Waals surface area contributed by atoms with Gasteiger partial charge in [0.2, 0.25) is 0 Å². The standard InChI is InChI=1S/C17H21N7.2ClH/c1-23-5-2-6-24(8-7-23)17-16(18)19-11-15(21-17)12-3-4-14-13(9-12)10-20-22-14;;/h3-4,9-11H,2,5-8H2,1H3,(H2,18,19)(H,20,22);2*1H. The van der Waals surface area contributed by atoms with E-state index in [0.29, 0.717) is 5.82 Å². The van der Waals surface area contributed by atoms with Crippen molar-refractivity contribution in [2.75, 3.05) is 43.9 Å². The Bertz CT molecular complexity index is 867. The zero-order valence-electron chi connectivity index (χ0n) is 14.6. The molecule has 3 N–H and O–H groups in total. The van der Waals surface area contributed by atoms with E-state index in [4.69, 9.17) is 10.7 Å². The zero-order chi connectivity index (χ0) is 16.5. The molecule has 0 radical (unpaired) electrons. The summed E-state index contributed by atoms with van der Waals surface area (Å²) in [6, 6.07) is 6.11. The lowest BCUT2D eigenvalue weighted by molar-refractivity contribution is 0.360. The van der Waals surface area contributed by atoms with Crippen molar-refractivity contribution < 1.29 is 0 Å². The third-order valence-corrected chi connectivity index (χ3v) is 4.54.